The van der Waals surface area contributed by atoms with Gasteiger partial charge in [-0.15, -0.1) is 0 Å². The smallest absolute Gasteiger partial charge is 0.356 e. The van der Waals surface area contributed by atoms with E-state index in [1.807, 2.05) is 24.3 Å². The maximum Gasteiger partial charge on any atom is 0.356 e. The van der Waals surface area contributed by atoms with Crippen LogP contribution < -0.4 is 0 Å². The lowest BCUT2D eigenvalue weighted by atomic mass is 10.2. The lowest BCUT2D eigenvalue weighted by Gasteiger charge is -2.06. The number of para-hydroxylation sites is 1. The Morgan fingerprint density at radius 3 is 2.89 bits per heavy atom. The summed E-state index contributed by atoms with van der Waals surface area (Å²) in [7, 11) is 1.60. The molecular formula is C14H14ClNO3. The van der Waals surface area contributed by atoms with E-state index in [1.165, 1.54) is 6.07 Å². The highest BCUT2D eigenvalue weighted by Gasteiger charge is 2.12. The Balaban J connectivity index is 2.14. The van der Waals surface area contributed by atoms with Crippen LogP contribution in [0, 0.1) is 0 Å². The summed E-state index contributed by atoms with van der Waals surface area (Å²) in [6, 6.07) is 8.92. The van der Waals surface area contributed by atoms with Gasteiger partial charge in [0.15, 0.2) is 5.69 Å². The van der Waals surface area contributed by atoms with E-state index in [4.69, 9.17) is 21.1 Å². The van der Waals surface area contributed by atoms with E-state index in [0.29, 0.717) is 30.2 Å². The summed E-state index contributed by atoms with van der Waals surface area (Å²) in [4.78, 5) is 16.1. The van der Waals surface area contributed by atoms with Crippen molar-refractivity contribution in [2.24, 2.45) is 0 Å². The number of hydrogen-bond acceptors (Lipinski definition) is 4. The molecule has 0 fully saturated rings. The van der Waals surface area contributed by atoms with Crippen LogP contribution in [0.2, 0.25) is 5.02 Å². The second-order valence-electron chi connectivity index (χ2n) is 3.99. The molecule has 0 aliphatic heterocycles. The number of carbonyl (C=O) groups excluding carboxylic acids is 1. The fourth-order valence-corrected chi connectivity index (χ4v) is 1.94. The number of methoxy groups -OCH3 is 1. The number of hydrogen-bond donors (Lipinski definition) is 0. The number of nitrogens with zero attached hydrogens (tertiary/aromatic N) is 1. The van der Waals surface area contributed by atoms with Gasteiger partial charge in [0.1, 0.15) is 0 Å². The first-order chi connectivity index (χ1) is 9.22. The molecule has 1 aromatic carbocycles. The van der Waals surface area contributed by atoms with E-state index in [1.54, 1.807) is 7.11 Å². The van der Waals surface area contributed by atoms with Crippen LogP contribution in [0.25, 0.3) is 10.9 Å². The van der Waals surface area contributed by atoms with Gasteiger partial charge in [0.05, 0.1) is 17.1 Å². The number of aromatic nitrogens is 1. The minimum Gasteiger partial charge on any atom is -0.461 e. The maximum absolute atomic E-state index is 11.8. The molecule has 0 N–H and O–H groups in total. The van der Waals surface area contributed by atoms with E-state index in [0.717, 1.165) is 5.39 Å². The Labute approximate surface area is 116 Å². The molecule has 1 heterocycles. The first-order valence-corrected chi connectivity index (χ1v) is 6.31. The second kappa shape index (κ2) is 6.50. The molecule has 0 aliphatic carbocycles. The molecule has 0 amide bonds. The summed E-state index contributed by atoms with van der Waals surface area (Å²) in [5.74, 6) is -0.469. The van der Waals surface area contributed by atoms with Crippen molar-refractivity contribution in [2.75, 3.05) is 20.3 Å². The normalized spacial score (nSPS) is 10.6. The first kappa shape index (κ1) is 13.8. The van der Waals surface area contributed by atoms with Crippen molar-refractivity contribution in [3.05, 3.63) is 41.0 Å². The van der Waals surface area contributed by atoms with E-state index in [2.05, 4.69) is 4.98 Å². The number of rotatable bonds is 5. The van der Waals surface area contributed by atoms with Crippen molar-refractivity contribution in [1.29, 1.82) is 0 Å². The molecule has 100 valence electrons. The highest BCUT2D eigenvalue weighted by Crippen LogP contribution is 2.23. The monoisotopic (exact) mass is 279 g/mol. The van der Waals surface area contributed by atoms with Gasteiger partial charge in [-0.3, -0.25) is 0 Å². The number of carbonyl (C=O) groups is 1. The molecular weight excluding hydrogens is 266 g/mol. The van der Waals surface area contributed by atoms with Gasteiger partial charge >= 0.3 is 5.97 Å². The predicted molar refractivity (Wildman–Crippen MR) is 73.5 cm³/mol. The molecule has 0 saturated carbocycles. The van der Waals surface area contributed by atoms with E-state index >= 15 is 0 Å². The van der Waals surface area contributed by atoms with Gasteiger partial charge in [0.2, 0.25) is 0 Å². The Hall–Kier alpha value is -1.65. The maximum atomic E-state index is 11.8. The summed E-state index contributed by atoms with van der Waals surface area (Å²) in [5, 5.41) is 1.31. The van der Waals surface area contributed by atoms with Gasteiger partial charge < -0.3 is 9.47 Å². The molecule has 0 atom stereocenters. The summed E-state index contributed by atoms with van der Waals surface area (Å²) < 4.78 is 9.97. The minimum atomic E-state index is -0.469. The molecule has 0 radical (unpaired) electrons. The molecule has 0 saturated heterocycles. The number of ether oxygens (including phenoxy) is 2. The lowest BCUT2D eigenvalue weighted by molar-refractivity contribution is 0.0462. The zero-order chi connectivity index (χ0) is 13.7. The largest absolute Gasteiger partial charge is 0.461 e. The average molecular weight is 280 g/mol. The SMILES string of the molecule is COCCCOC(=O)c1cc(Cl)c2ccccc2n1. The number of benzene rings is 1. The quantitative estimate of drug-likeness (QED) is 0.623. The summed E-state index contributed by atoms with van der Waals surface area (Å²) >= 11 is 6.12. The van der Waals surface area contributed by atoms with Gasteiger partial charge in [0, 0.05) is 25.5 Å². The van der Waals surface area contributed by atoms with Crippen molar-refractivity contribution in [1.82, 2.24) is 4.98 Å². The zero-order valence-corrected chi connectivity index (χ0v) is 11.3. The van der Waals surface area contributed by atoms with Gasteiger partial charge in [-0.25, -0.2) is 9.78 Å². The number of esters is 1. The van der Waals surface area contributed by atoms with E-state index < -0.39 is 5.97 Å². The number of pyridine rings is 1. The highest BCUT2D eigenvalue weighted by molar-refractivity contribution is 6.35. The van der Waals surface area contributed by atoms with E-state index in [-0.39, 0.29) is 5.69 Å². The predicted octanol–water partition coefficient (Wildman–Crippen LogP) is 3.08. The third kappa shape index (κ3) is 3.43. The summed E-state index contributed by atoms with van der Waals surface area (Å²) in [6.07, 6.45) is 0.656. The molecule has 4 nitrogen and oxygen atoms in total. The van der Waals surface area contributed by atoms with Gasteiger partial charge in [-0.2, -0.15) is 0 Å². The van der Waals surface area contributed by atoms with Crippen LogP contribution in [0.15, 0.2) is 30.3 Å². The molecule has 0 aliphatic rings. The Morgan fingerprint density at radius 1 is 1.32 bits per heavy atom. The van der Waals surface area contributed by atoms with Crippen LogP contribution in [-0.2, 0) is 9.47 Å². The van der Waals surface area contributed by atoms with Crippen molar-refractivity contribution < 1.29 is 14.3 Å². The van der Waals surface area contributed by atoms with Gasteiger partial charge in [-0.1, -0.05) is 29.8 Å². The fraction of sp³-hybridized carbons (Fsp3) is 0.286. The minimum absolute atomic E-state index is 0.223. The highest BCUT2D eigenvalue weighted by atomic mass is 35.5. The Kier molecular flexibility index (Phi) is 4.71. The molecule has 2 rings (SSSR count). The molecule has 0 bridgehead atoms. The van der Waals surface area contributed by atoms with Crippen molar-refractivity contribution in [3.8, 4) is 0 Å². The van der Waals surface area contributed by atoms with Crippen LogP contribution in [0.3, 0.4) is 0 Å². The van der Waals surface area contributed by atoms with Crippen LogP contribution in [0.4, 0.5) is 0 Å². The van der Waals surface area contributed by atoms with Gasteiger partial charge in [0.25, 0.3) is 0 Å². The fourth-order valence-electron chi connectivity index (χ4n) is 1.68. The van der Waals surface area contributed by atoms with Crippen LogP contribution in [0.1, 0.15) is 16.9 Å². The Bertz CT molecular complexity index is 586. The van der Waals surface area contributed by atoms with Crippen molar-refractivity contribution in [2.45, 2.75) is 6.42 Å². The zero-order valence-electron chi connectivity index (χ0n) is 10.6. The van der Waals surface area contributed by atoms with Crippen LogP contribution >= 0.6 is 11.6 Å². The van der Waals surface area contributed by atoms with Crippen molar-refractivity contribution >= 4 is 28.5 Å². The van der Waals surface area contributed by atoms with Crippen LogP contribution in [0.5, 0.6) is 0 Å². The number of halogens is 1. The molecule has 19 heavy (non-hydrogen) atoms. The molecule has 0 spiro atoms. The molecule has 1 aromatic heterocycles. The third-order valence-electron chi connectivity index (χ3n) is 2.60. The topological polar surface area (TPSA) is 48.4 Å². The van der Waals surface area contributed by atoms with E-state index in [9.17, 15) is 4.79 Å². The Morgan fingerprint density at radius 2 is 2.11 bits per heavy atom. The molecule has 2 aromatic rings. The first-order valence-electron chi connectivity index (χ1n) is 5.93. The number of fused-ring (bicyclic) bond motifs is 1. The standard InChI is InChI=1S/C14H14ClNO3/c1-18-7-4-8-19-14(17)13-9-11(15)10-5-2-3-6-12(10)16-13/h2-3,5-6,9H,4,7-8H2,1H3. The third-order valence-corrected chi connectivity index (χ3v) is 2.91. The second-order valence-corrected chi connectivity index (χ2v) is 4.40. The lowest BCUT2D eigenvalue weighted by Crippen LogP contribution is -2.10. The van der Waals surface area contributed by atoms with Gasteiger partial charge in [-0.05, 0) is 12.1 Å². The van der Waals surface area contributed by atoms with Crippen molar-refractivity contribution in [3.63, 3.8) is 0 Å². The average Bonchev–Trinajstić information content (AvgIpc) is 2.43. The summed E-state index contributed by atoms with van der Waals surface area (Å²) in [6.45, 7) is 0.859. The molecule has 5 heteroatoms. The summed E-state index contributed by atoms with van der Waals surface area (Å²) in [5.41, 5.74) is 0.903. The van der Waals surface area contributed by atoms with Crippen LogP contribution in [-0.4, -0.2) is 31.3 Å². The molecule has 0 unspecified atom stereocenters.